The van der Waals surface area contributed by atoms with E-state index in [1.54, 1.807) is 6.20 Å². The Hall–Kier alpha value is -3.19. The summed E-state index contributed by atoms with van der Waals surface area (Å²) in [6, 6.07) is 14.0. The summed E-state index contributed by atoms with van der Waals surface area (Å²) in [5.41, 5.74) is 3.88. The highest BCUT2D eigenvalue weighted by Crippen LogP contribution is 2.37. The molecule has 2 N–H and O–H groups in total. The van der Waals surface area contributed by atoms with Crippen LogP contribution < -0.4 is 4.74 Å². The number of H-pyrrole nitrogens is 1. The van der Waals surface area contributed by atoms with E-state index in [2.05, 4.69) is 14.6 Å². The molecule has 27 heavy (non-hydrogen) atoms. The molecular formula is C20H17N3O3S. The molecule has 136 valence electrons. The van der Waals surface area contributed by atoms with Gasteiger partial charge in [-0.25, -0.2) is 0 Å². The van der Waals surface area contributed by atoms with Gasteiger partial charge in [-0.15, -0.1) is 5.10 Å². The molecule has 4 aromatic rings. The lowest BCUT2D eigenvalue weighted by molar-refractivity contribution is -0.136. The van der Waals surface area contributed by atoms with Crippen LogP contribution in [0.4, 0.5) is 0 Å². The third-order valence-electron chi connectivity index (χ3n) is 4.34. The summed E-state index contributed by atoms with van der Waals surface area (Å²) in [6.07, 6.45) is 4.14. The second kappa shape index (κ2) is 7.59. The van der Waals surface area contributed by atoms with Gasteiger partial charge in [0.2, 0.25) is 0 Å². The molecular weight excluding hydrogens is 362 g/mol. The Morgan fingerprint density at radius 2 is 2.07 bits per heavy atom. The molecule has 2 heterocycles. The zero-order chi connectivity index (χ0) is 18.6. The van der Waals surface area contributed by atoms with Crippen molar-refractivity contribution >= 4 is 28.4 Å². The maximum atomic E-state index is 10.9. The van der Waals surface area contributed by atoms with Crippen LogP contribution in [0.3, 0.4) is 0 Å². The summed E-state index contributed by atoms with van der Waals surface area (Å²) in [7, 11) is 0. The van der Waals surface area contributed by atoms with E-state index in [-0.39, 0.29) is 6.42 Å². The van der Waals surface area contributed by atoms with E-state index in [1.807, 2.05) is 48.7 Å². The summed E-state index contributed by atoms with van der Waals surface area (Å²) in [5.74, 6) is -0.0666. The molecule has 0 aliphatic heterocycles. The van der Waals surface area contributed by atoms with E-state index in [9.17, 15) is 4.79 Å². The Labute approximate surface area is 159 Å². The van der Waals surface area contributed by atoms with Crippen molar-refractivity contribution < 1.29 is 14.6 Å². The van der Waals surface area contributed by atoms with E-state index in [4.69, 9.17) is 9.84 Å². The molecule has 0 bridgehead atoms. The average Bonchev–Trinajstić information content (AvgIpc) is 3.34. The predicted octanol–water partition coefficient (Wildman–Crippen LogP) is 4.28. The highest BCUT2D eigenvalue weighted by Gasteiger charge is 2.15. The first-order chi connectivity index (χ1) is 13.2. The topological polar surface area (TPSA) is 88.1 Å². The number of hydrogen-bond acceptors (Lipinski definition) is 5. The second-order valence-corrected chi connectivity index (χ2v) is 6.94. The number of fused-ring (bicyclic) bond motifs is 1. The van der Waals surface area contributed by atoms with Crippen LogP contribution in [0.25, 0.3) is 21.3 Å². The summed E-state index contributed by atoms with van der Waals surface area (Å²) in [6.45, 7) is 0.457. The molecule has 0 fully saturated rings. The van der Waals surface area contributed by atoms with Crippen LogP contribution in [0.1, 0.15) is 17.5 Å². The van der Waals surface area contributed by atoms with Crippen LogP contribution in [0.15, 0.2) is 54.9 Å². The molecule has 0 spiro atoms. The van der Waals surface area contributed by atoms with Gasteiger partial charge in [0.1, 0.15) is 12.4 Å². The first-order valence-electron chi connectivity index (χ1n) is 8.51. The van der Waals surface area contributed by atoms with Gasteiger partial charge >= 0.3 is 5.97 Å². The van der Waals surface area contributed by atoms with Gasteiger partial charge in [0.05, 0.1) is 11.1 Å². The molecule has 7 heteroatoms. The van der Waals surface area contributed by atoms with Crippen LogP contribution >= 0.6 is 11.5 Å². The van der Waals surface area contributed by atoms with Gasteiger partial charge in [0.15, 0.2) is 0 Å². The fourth-order valence-electron chi connectivity index (χ4n) is 2.99. The van der Waals surface area contributed by atoms with E-state index in [1.165, 1.54) is 11.5 Å². The van der Waals surface area contributed by atoms with Gasteiger partial charge in [-0.3, -0.25) is 4.79 Å². The lowest BCUT2D eigenvalue weighted by Crippen LogP contribution is -1.98. The van der Waals surface area contributed by atoms with Crippen molar-refractivity contribution in [2.45, 2.75) is 19.4 Å². The lowest BCUT2D eigenvalue weighted by Gasteiger charge is -2.11. The standard InChI is InChI=1S/C20H17N3O3S/c24-20(25)7-6-14-10-21-17-9-18(26-12-13-4-2-1-3-5-13)16(8-15(14)17)19-11-22-23-27-19/h1-5,8-11,21H,6-7,12H2,(H,24,25). The molecule has 0 saturated carbocycles. The molecule has 4 rings (SSSR count). The molecule has 0 aliphatic rings. The van der Waals surface area contributed by atoms with Crippen molar-refractivity contribution in [3.8, 4) is 16.2 Å². The van der Waals surface area contributed by atoms with E-state index in [0.717, 1.165) is 38.2 Å². The lowest BCUT2D eigenvalue weighted by atomic mass is 10.0. The molecule has 0 atom stereocenters. The van der Waals surface area contributed by atoms with Gasteiger partial charge in [0.25, 0.3) is 0 Å². The molecule has 6 nitrogen and oxygen atoms in total. The number of aryl methyl sites for hydroxylation is 1. The number of nitrogens with one attached hydrogen (secondary N) is 1. The Morgan fingerprint density at radius 1 is 1.22 bits per heavy atom. The SMILES string of the molecule is O=C(O)CCc1c[nH]c2cc(OCc3ccccc3)c(-c3cnns3)cc12. The van der Waals surface area contributed by atoms with Crippen molar-refractivity contribution in [1.29, 1.82) is 0 Å². The molecule has 0 aliphatic carbocycles. The number of aromatic amines is 1. The average molecular weight is 379 g/mol. The van der Waals surface area contributed by atoms with Crippen LogP contribution in [-0.4, -0.2) is 25.6 Å². The van der Waals surface area contributed by atoms with Gasteiger partial charge < -0.3 is 14.8 Å². The largest absolute Gasteiger partial charge is 0.488 e. The maximum Gasteiger partial charge on any atom is 0.303 e. The molecule has 0 saturated heterocycles. The van der Waals surface area contributed by atoms with Crippen molar-refractivity contribution in [3.05, 3.63) is 66.0 Å². The summed E-state index contributed by atoms with van der Waals surface area (Å²) in [4.78, 5) is 15.0. The van der Waals surface area contributed by atoms with Crippen molar-refractivity contribution in [1.82, 2.24) is 14.6 Å². The third-order valence-corrected chi connectivity index (χ3v) is 5.04. The number of carbonyl (C=O) groups is 1. The number of aliphatic carboxylic acids is 1. The Morgan fingerprint density at radius 3 is 2.81 bits per heavy atom. The number of benzene rings is 2. The molecule has 0 amide bonds. The van der Waals surface area contributed by atoms with Crippen LogP contribution in [0.2, 0.25) is 0 Å². The van der Waals surface area contributed by atoms with Gasteiger partial charge in [-0.05, 0) is 35.1 Å². The monoisotopic (exact) mass is 379 g/mol. The van der Waals surface area contributed by atoms with Gasteiger partial charge in [-0.1, -0.05) is 34.8 Å². The van der Waals surface area contributed by atoms with Crippen LogP contribution in [-0.2, 0) is 17.8 Å². The Balaban J connectivity index is 1.71. The highest BCUT2D eigenvalue weighted by molar-refractivity contribution is 7.09. The van der Waals surface area contributed by atoms with Crippen LogP contribution in [0, 0.1) is 0 Å². The minimum Gasteiger partial charge on any atom is -0.488 e. The summed E-state index contributed by atoms with van der Waals surface area (Å²) < 4.78 is 10.1. The number of aromatic nitrogens is 3. The van der Waals surface area contributed by atoms with Crippen molar-refractivity contribution in [2.75, 3.05) is 0 Å². The third kappa shape index (κ3) is 3.83. The van der Waals surface area contributed by atoms with Gasteiger partial charge in [0, 0.05) is 35.2 Å². The molecule has 0 radical (unpaired) electrons. The Kier molecular flexibility index (Phi) is 4.84. The second-order valence-electron chi connectivity index (χ2n) is 6.16. The fraction of sp³-hybridized carbons (Fsp3) is 0.150. The highest BCUT2D eigenvalue weighted by atomic mass is 32.1. The minimum absolute atomic E-state index is 0.0939. The first-order valence-corrected chi connectivity index (χ1v) is 9.28. The summed E-state index contributed by atoms with van der Waals surface area (Å²) >= 11 is 1.30. The first kappa shape index (κ1) is 17.2. The van der Waals surface area contributed by atoms with E-state index in [0.29, 0.717) is 13.0 Å². The zero-order valence-electron chi connectivity index (χ0n) is 14.4. The smallest absolute Gasteiger partial charge is 0.303 e. The summed E-state index contributed by atoms with van der Waals surface area (Å²) in [5, 5.41) is 13.9. The van der Waals surface area contributed by atoms with Crippen LogP contribution in [0.5, 0.6) is 5.75 Å². The van der Waals surface area contributed by atoms with E-state index < -0.39 is 5.97 Å². The van der Waals surface area contributed by atoms with Crippen molar-refractivity contribution in [3.63, 3.8) is 0 Å². The quantitative estimate of drug-likeness (QED) is 0.500. The number of ether oxygens (including phenoxy) is 1. The zero-order valence-corrected chi connectivity index (χ0v) is 15.2. The number of nitrogens with zero attached hydrogens (tertiary/aromatic N) is 2. The maximum absolute atomic E-state index is 10.9. The fourth-order valence-corrected chi connectivity index (χ4v) is 3.52. The number of rotatable bonds is 7. The normalized spacial score (nSPS) is 11.0. The number of carboxylic acids is 1. The Bertz CT molecular complexity index is 1060. The predicted molar refractivity (Wildman–Crippen MR) is 104 cm³/mol. The molecule has 0 unspecified atom stereocenters. The van der Waals surface area contributed by atoms with Gasteiger partial charge in [-0.2, -0.15) is 0 Å². The number of carboxylic acid groups (broad SMARTS) is 1. The van der Waals surface area contributed by atoms with Crippen molar-refractivity contribution in [2.24, 2.45) is 0 Å². The minimum atomic E-state index is -0.806. The molecule has 2 aromatic carbocycles. The van der Waals surface area contributed by atoms with E-state index >= 15 is 0 Å². The molecule has 2 aromatic heterocycles. The number of hydrogen-bond donors (Lipinski definition) is 2.